The van der Waals surface area contributed by atoms with Crippen molar-refractivity contribution in [3.63, 3.8) is 0 Å². The second-order valence-corrected chi connectivity index (χ2v) is 5.65. The number of aliphatic hydroxyl groups excluding tert-OH is 1. The predicted molar refractivity (Wildman–Crippen MR) is 84.4 cm³/mol. The number of nitrogens with zero attached hydrogens (tertiary/aromatic N) is 3. The van der Waals surface area contributed by atoms with Crippen LogP contribution in [0.25, 0.3) is 11.3 Å². The van der Waals surface area contributed by atoms with Crippen LogP contribution in [-0.4, -0.2) is 45.0 Å². The van der Waals surface area contributed by atoms with Crippen LogP contribution >= 0.6 is 0 Å². The molecule has 0 radical (unpaired) electrons. The van der Waals surface area contributed by atoms with Gasteiger partial charge >= 0.3 is 6.03 Å². The summed E-state index contributed by atoms with van der Waals surface area (Å²) in [4.78, 5) is 13.9. The smallest absolute Gasteiger partial charge is 0.323 e. The molecule has 122 valence electrons. The molecule has 2 N–H and O–H groups in total. The van der Waals surface area contributed by atoms with E-state index in [1.807, 2.05) is 0 Å². The van der Waals surface area contributed by atoms with E-state index in [-0.39, 0.29) is 24.5 Å². The van der Waals surface area contributed by atoms with Crippen LogP contribution in [0.5, 0.6) is 0 Å². The molecule has 6 nitrogen and oxygen atoms in total. The average Bonchev–Trinajstić information content (AvgIpc) is 3.14. The van der Waals surface area contributed by atoms with Gasteiger partial charge in [0.15, 0.2) is 5.82 Å². The Kier molecular flexibility index (Phi) is 4.29. The Morgan fingerprint density at radius 1 is 1.43 bits per heavy atom. The van der Waals surface area contributed by atoms with Crippen LogP contribution in [0.3, 0.4) is 0 Å². The topological polar surface area (TPSA) is 70.4 Å². The van der Waals surface area contributed by atoms with Crippen LogP contribution < -0.4 is 5.32 Å². The van der Waals surface area contributed by atoms with Crippen molar-refractivity contribution < 1.29 is 14.3 Å². The number of aromatic nitrogens is 2. The number of hydrogen-bond acceptors (Lipinski definition) is 3. The van der Waals surface area contributed by atoms with E-state index in [1.165, 1.54) is 12.1 Å². The Morgan fingerprint density at radius 3 is 2.87 bits per heavy atom. The molecule has 2 aromatic rings. The highest BCUT2D eigenvalue weighted by Gasteiger charge is 2.28. The van der Waals surface area contributed by atoms with E-state index in [2.05, 4.69) is 10.4 Å². The number of anilines is 1. The molecule has 2 amide bonds. The van der Waals surface area contributed by atoms with E-state index < -0.39 is 0 Å². The second kappa shape index (κ2) is 6.37. The molecule has 1 atom stereocenters. The van der Waals surface area contributed by atoms with Gasteiger partial charge in [0.05, 0.1) is 18.3 Å². The van der Waals surface area contributed by atoms with Gasteiger partial charge in [0.25, 0.3) is 0 Å². The Hall–Kier alpha value is -2.41. The van der Waals surface area contributed by atoms with Gasteiger partial charge in [-0.05, 0) is 37.1 Å². The molecule has 1 aliphatic heterocycles. The largest absolute Gasteiger partial charge is 0.394 e. The van der Waals surface area contributed by atoms with Crippen molar-refractivity contribution in [3.05, 3.63) is 36.1 Å². The van der Waals surface area contributed by atoms with Crippen LogP contribution in [0.15, 0.2) is 30.3 Å². The van der Waals surface area contributed by atoms with E-state index in [0.29, 0.717) is 12.4 Å². The van der Waals surface area contributed by atoms with Gasteiger partial charge in [-0.15, -0.1) is 0 Å². The summed E-state index contributed by atoms with van der Waals surface area (Å²) in [5.74, 6) is 0.133. The molecule has 1 aromatic carbocycles. The number of aryl methyl sites for hydroxylation is 1. The van der Waals surface area contributed by atoms with Gasteiger partial charge in [0, 0.05) is 25.2 Å². The molecule has 3 rings (SSSR count). The summed E-state index contributed by atoms with van der Waals surface area (Å²) in [5.41, 5.74) is 1.59. The predicted octanol–water partition coefficient (Wildman–Crippen LogP) is 2.21. The Bertz CT molecular complexity index is 699. The molecular weight excluding hydrogens is 299 g/mol. The summed E-state index contributed by atoms with van der Waals surface area (Å²) in [7, 11) is 1.76. The van der Waals surface area contributed by atoms with Crippen LogP contribution in [0.2, 0.25) is 0 Å². The Morgan fingerprint density at radius 2 is 2.17 bits per heavy atom. The summed E-state index contributed by atoms with van der Waals surface area (Å²) < 4.78 is 14.7. The van der Waals surface area contributed by atoms with Crippen LogP contribution in [-0.2, 0) is 7.05 Å². The summed E-state index contributed by atoms with van der Waals surface area (Å²) in [6, 6.07) is 7.46. The Labute approximate surface area is 133 Å². The van der Waals surface area contributed by atoms with Crippen molar-refractivity contribution in [2.75, 3.05) is 18.5 Å². The number of nitrogens with one attached hydrogen (secondary N) is 1. The fourth-order valence-electron chi connectivity index (χ4n) is 2.89. The number of benzene rings is 1. The van der Waals surface area contributed by atoms with Crippen molar-refractivity contribution in [2.24, 2.45) is 7.05 Å². The molecule has 1 saturated heterocycles. The minimum Gasteiger partial charge on any atom is -0.394 e. The van der Waals surface area contributed by atoms with Crippen LogP contribution in [0.1, 0.15) is 12.8 Å². The van der Waals surface area contributed by atoms with E-state index in [4.69, 9.17) is 0 Å². The zero-order chi connectivity index (χ0) is 16.4. The van der Waals surface area contributed by atoms with Gasteiger partial charge in [-0.3, -0.25) is 10.00 Å². The van der Waals surface area contributed by atoms with Crippen molar-refractivity contribution in [2.45, 2.75) is 18.9 Å². The third kappa shape index (κ3) is 3.19. The molecule has 0 spiro atoms. The minimum atomic E-state index is -0.298. The van der Waals surface area contributed by atoms with Gasteiger partial charge in [0.2, 0.25) is 0 Å². The first-order chi connectivity index (χ1) is 11.1. The number of urea groups is 1. The number of rotatable bonds is 3. The number of aliphatic hydroxyl groups is 1. The maximum Gasteiger partial charge on any atom is 0.323 e. The molecule has 1 unspecified atom stereocenters. The van der Waals surface area contributed by atoms with Gasteiger partial charge < -0.3 is 10.0 Å². The zero-order valence-corrected chi connectivity index (χ0v) is 12.9. The van der Waals surface area contributed by atoms with Crippen molar-refractivity contribution >= 4 is 11.8 Å². The highest BCUT2D eigenvalue weighted by Crippen LogP contribution is 2.23. The van der Waals surface area contributed by atoms with Crippen molar-refractivity contribution in [1.29, 1.82) is 0 Å². The first-order valence-corrected chi connectivity index (χ1v) is 7.57. The molecule has 0 aliphatic carbocycles. The van der Waals surface area contributed by atoms with Crippen molar-refractivity contribution in [1.82, 2.24) is 14.7 Å². The number of likely N-dealkylation sites (tertiary alicyclic amines) is 1. The number of amides is 2. The van der Waals surface area contributed by atoms with E-state index in [9.17, 15) is 14.3 Å². The summed E-state index contributed by atoms with van der Waals surface area (Å²) >= 11 is 0. The van der Waals surface area contributed by atoms with Crippen molar-refractivity contribution in [3.8, 4) is 11.3 Å². The zero-order valence-electron chi connectivity index (χ0n) is 12.9. The molecular formula is C16H19FN4O2. The molecule has 0 saturated carbocycles. The lowest BCUT2D eigenvalue weighted by atomic mass is 10.1. The van der Waals surface area contributed by atoms with Crippen LogP contribution in [0.4, 0.5) is 15.0 Å². The van der Waals surface area contributed by atoms with E-state index in [1.54, 1.807) is 34.8 Å². The third-order valence-corrected chi connectivity index (χ3v) is 4.10. The average molecular weight is 318 g/mol. The number of hydrogen-bond donors (Lipinski definition) is 2. The molecule has 2 heterocycles. The summed E-state index contributed by atoms with van der Waals surface area (Å²) in [6.45, 7) is 0.602. The van der Waals surface area contributed by atoms with Gasteiger partial charge in [-0.25, -0.2) is 9.18 Å². The summed E-state index contributed by atoms with van der Waals surface area (Å²) in [5, 5.41) is 16.3. The maximum atomic E-state index is 13.0. The number of carbonyl (C=O) groups excluding carboxylic acids is 1. The lowest BCUT2D eigenvalue weighted by Gasteiger charge is -2.22. The normalized spacial score (nSPS) is 17.5. The van der Waals surface area contributed by atoms with Gasteiger partial charge in [-0.1, -0.05) is 0 Å². The monoisotopic (exact) mass is 318 g/mol. The van der Waals surface area contributed by atoms with Crippen LogP contribution in [0, 0.1) is 5.82 Å². The highest BCUT2D eigenvalue weighted by atomic mass is 19.1. The molecule has 0 bridgehead atoms. The lowest BCUT2D eigenvalue weighted by molar-refractivity contribution is 0.166. The molecule has 23 heavy (non-hydrogen) atoms. The quantitative estimate of drug-likeness (QED) is 0.911. The first kappa shape index (κ1) is 15.5. The van der Waals surface area contributed by atoms with Gasteiger partial charge in [-0.2, -0.15) is 5.10 Å². The van der Waals surface area contributed by atoms with Gasteiger partial charge in [0.1, 0.15) is 5.82 Å². The number of carbonyl (C=O) groups is 1. The first-order valence-electron chi connectivity index (χ1n) is 7.57. The molecule has 7 heteroatoms. The van der Waals surface area contributed by atoms with E-state index in [0.717, 1.165) is 24.1 Å². The molecule has 1 fully saturated rings. The molecule has 1 aromatic heterocycles. The second-order valence-electron chi connectivity index (χ2n) is 5.65. The minimum absolute atomic E-state index is 0.0313. The summed E-state index contributed by atoms with van der Waals surface area (Å²) in [6.07, 6.45) is 1.70. The highest BCUT2D eigenvalue weighted by molar-refractivity contribution is 5.89. The molecule has 1 aliphatic rings. The fraction of sp³-hybridized carbons (Fsp3) is 0.375. The fourth-order valence-corrected chi connectivity index (χ4v) is 2.89. The maximum absolute atomic E-state index is 13.0. The Balaban J connectivity index is 1.76. The number of halogens is 1. The van der Waals surface area contributed by atoms with E-state index >= 15 is 0 Å². The SMILES string of the molecule is Cn1nc(NC(=O)N2CCCC2CO)cc1-c1ccc(F)cc1. The lowest BCUT2D eigenvalue weighted by Crippen LogP contribution is -2.40. The standard InChI is InChI=1S/C16H19FN4O2/c1-20-14(11-4-6-12(17)7-5-11)9-15(19-20)18-16(23)21-8-2-3-13(21)10-22/h4-7,9,13,22H,2-3,8,10H2,1H3,(H,18,19,23). The third-order valence-electron chi connectivity index (χ3n) is 4.10.